The van der Waals surface area contributed by atoms with Crippen molar-refractivity contribution in [2.24, 2.45) is 0 Å². The summed E-state index contributed by atoms with van der Waals surface area (Å²) in [6.45, 7) is 2.07. The molecule has 7 heteroatoms. The Morgan fingerprint density at radius 2 is 1.71 bits per heavy atom. The third-order valence-corrected chi connectivity index (χ3v) is 6.45. The molecule has 1 fully saturated rings. The maximum absolute atomic E-state index is 13.4. The molecule has 4 nitrogen and oxygen atoms in total. The van der Waals surface area contributed by atoms with Gasteiger partial charge in [-0.1, -0.05) is 61.2 Å². The molecule has 0 saturated heterocycles. The molecule has 0 aromatic heterocycles. The van der Waals surface area contributed by atoms with E-state index in [1.165, 1.54) is 12.1 Å². The smallest absolute Gasteiger partial charge is 0.243 e. The Bertz CT molecular complexity index is 894. The topological polar surface area (TPSA) is 49.4 Å². The zero-order valence-electron chi connectivity index (χ0n) is 17.5. The average Bonchev–Trinajstić information content (AvgIpc) is 3.25. The first-order valence-electron chi connectivity index (χ1n) is 10.7. The van der Waals surface area contributed by atoms with E-state index in [2.05, 4.69) is 5.32 Å². The van der Waals surface area contributed by atoms with E-state index in [0.717, 1.165) is 31.2 Å². The van der Waals surface area contributed by atoms with E-state index >= 15 is 0 Å². The summed E-state index contributed by atoms with van der Waals surface area (Å²) in [5, 5.41) is 3.92. The van der Waals surface area contributed by atoms with Crippen molar-refractivity contribution in [2.75, 3.05) is 0 Å². The van der Waals surface area contributed by atoms with Crippen molar-refractivity contribution < 1.29 is 14.0 Å². The molecule has 2 aromatic rings. The number of hydrogen-bond acceptors (Lipinski definition) is 2. The number of rotatable bonds is 8. The van der Waals surface area contributed by atoms with Crippen molar-refractivity contribution in [3.8, 4) is 0 Å². The molecule has 0 bridgehead atoms. The summed E-state index contributed by atoms with van der Waals surface area (Å²) in [6.07, 6.45) is 4.57. The van der Waals surface area contributed by atoms with Crippen LogP contribution >= 0.6 is 23.2 Å². The third-order valence-electron chi connectivity index (χ3n) is 5.74. The number of amides is 2. The monoisotopic (exact) mass is 464 g/mol. The fourth-order valence-corrected chi connectivity index (χ4v) is 4.56. The molecule has 3 rings (SSSR count). The van der Waals surface area contributed by atoms with Gasteiger partial charge in [-0.05, 0) is 54.7 Å². The second-order valence-electron chi connectivity index (χ2n) is 7.94. The highest BCUT2D eigenvalue weighted by atomic mass is 35.5. The highest BCUT2D eigenvalue weighted by molar-refractivity contribution is 6.36. The predicted octanol–water partition coefficient (Wildman–Crippen LogP) is 5.54. The van der Waals surface area contributed by atoms with Gasteiger partial charge in [-0.25, -0.2) is 4.39 Å². The summed E-state index contributed by atoms with van der Waals surface area (Å²) in [5.74, 6) is -0.765. The molecule has 0 aliphatic heterocycles. The van der Waals surface area contributed by atoms with Crippen LogP contribution < -0.4 is 5.32 Å². The van der Waals surface area contributed by atoms with Gasteiger partial charge in [0.1, 0.15) is 11.9 Å². The lowest BCUT2D eigenvalue weighted by Crippen LogP contribution is -2.51. The van der Waals surface area contributed by atoms with Gasteiger partial charge < -0.3 is 10.2 Å². The SMILES string of the molecule is CC[C@H](C(=O)NC1CCCC1)N(Cc1ccc(F)cc1)C(=O)Cc1c(Cl)cccc1Cl. The molecule has 0 spiro atoms. The lowest BCUT2D eigenvalue weighted by molar-refractivity contribution is -0.141. The summed E-state index contributed by atoms with van der Waals surface area (Å²) < 4.78 is 13.4. The summed E-state index contributed by atoms with van der Waals surface area (Å²) in [7, 11) is 0. The first kappa shape index (κ1) is 23.6. The van der Waals surface area contributed by atoms with Crippen molar-refractivity contribution in [3.05, 3.63) is 69.5 Å². The van der Waals surface area contributed by atoms with Crippen LogP contribution in [0, 0.1) is 5.82 Å². The number of nitrogens with zero attached hydrogens (tertiary/aromatic N) is 1. The fourth-order valence-electron chi connectivity index (χ4n) is 4.03. The second-order valence-corrected chi connectivity index (χ2v) is 8.75. The van der Waals surface area contributed by atoms with Gasteiger partial charge in [-0.15, -0.1) is 0 Å². The molecule has 1 aliphatic rings. The largest absolute Gasteiger partial charge is 0.352 e. The number of benzene rings is 2. The Labute approximate surface area is 192 Å². The van der Waals surface area contributed by atoms with E-state index in [9.17, 15) is 14.0 Å². The van der Waals surface area contributed by atoms with E-state index in [0.29, 0.717) is 22.0 Å². The minimum atomic E-state index is -0.639. The third kappa shape index (κ3) is 6.20. The molecule has 0 radical (unpaired) electrons. The Hall–Kier alpha value is -2.11. The van der Waals surface area contributed by atoms with Crippen molar-refractivity contribution >= 4 is 35.0 Å². The standard InChI is InChI=1S/C24H27Cl2FN2O2/c1-2-22(24(31)28-18-6-3-4-7-18)29(15-16-10-12-17(27)13-11-16)23(30)14-19-20(25)8-5-9-21(19)26/h5,8-13,18,22H,2-4,6-7,14-15H2,1H3,(H,28,31)/t22-/m1/s1. The number of carbonyl (C=O) groups excluding carboxylic acids is 2. The fraction of sp³-hybridized carbons (Fsp3) is 0.417. The van der Waals surface area contributed by atoms with Crippen LogP contribution in [0.5, 0.6) is 0 Å². The zero-order chi connectivity index (χ0) is 22.4. The van der Waals surface area contributed by atoms with Crippen LogP contribution in [-0.4, -0.2) is 28.8 Å². The molecular formula is C24H27Cl2FN2O2. The Morgan fingerprint density at radius 3 is 2.29 bits per heavy atom. The van der Waals surface area contributed by atoms with Crippen LogP contribution in [0.1, 0.15) is 50.2 Å². The number of halogens is 3. The first-order chi connectivity index (χ1) is 14.9. The summed E-state index contributed by atoms with van der Waals surface area (Å²) in [5.41, 5.74) is 1.28. The molecule has 31 heavy (non-hydrogen) atoms. The van der Waals surface area contributed by atoms with Gasteiger partial charge >= 0.3 is 0 Å². The lowest BCUT2D eigenvalue weighted by Gasteiger charge is -2.32. The Morgan fingerprint density at radius 1 is 1.10 bits per heavy atom. The van der Waals surface area contributed by atoms with Crippen molar-refractivity contribution in [1.82, 2.24) is 10.2 Å². The van der Waals surface area contributed by atoms with E-state index < -0.39 is 6.04 Å². The van der Waals surface area contributed by atoms with Crippen LogP contribution in [0.4, 0.5) is 4.39 Å². The summed E-state index contributed by atoms with van der Waals surface area (Å²) in [4.78, 5) is 28.0. The van der Waals surface area contributed by atoms with Crippen LogP contribution in [0.15, 0.2) is 42.5 Å². The van der Waals surface area contributed by atoms with Crippen LogP contribution in [0.3, 0.4) is 0 Å². The number of carbonyl (C=O) groups is 2. The van der Waals surface area contributed by atoms with Gasteiger partial charge in [0.2, 0.25) is 11.8 Å². The minimum Gasteiger partial charge on any atom is -0.352 e. The van der Waals surface area contributed by atoms with Gasteiger partial charge in [0.15, 0.2) is 0 Å². The van der Waals surface area contributed by atoms with E-state index in [1.807, 2.05) is 6.92 Å². The molecule has 2 amide bonds. The van der Waals surface area contributed by atoms with Gasteiger partial charge in [0.05, 0.1) is 6.42 Å². The highest BCUT2D eigenvalue weighted by Crippen LogP contribution is 2.26. The molecule has 1 saturated carbocycles. The van der Waals surface area contributed by atoms with Gasteiger partial charge in [-0.2, -0.15) is 0 Å². The van der Waals surface area contributed by atoms with E-state index in [1.54, 1.807) is 35.2 Å². The lowest BCUT2D eigenvalue weighted by atomic mass is 10.1. The normalized spacial score (nSPS) is 15.0. The van der Waals surface area contributed by atoms with Crippen molar-refractivity contribution in [3.63, 3.8) is 0 Å². The van der Waals surface area contributed by atoms with Gasteiger partial charge in [0.25, 0.3) is 0 Å². The van der Waals surface area contributed by atoms with Crippen LogP contribution in [-0.2, 0) is 22.6 Å². The molecule has 166 valence electrons. The molecule has 0 unspecified atom stereocenters. The van der Waals surface area contributed by atoms with Crippen molar-refractivity contribution in [1.29, 1.82) is 0 Å². The highest BCUT2D eigenvalue weighted by Gasteiger charge is 2.31. The second kappa shape index (κ2) is 11.0. The van der Waals surface area contributed by atoms with E-state index in [4.69, 9.17) is 23.2 Å². The summed E-state index contributed by atoms with van der Waals surface area (Å²) in [6, 6.07) is 10.6. The van der Waals surface area contributed by atoms with E-state index in [-0.39, 0.29) is 36.6 Å². The first-order valence-corrected chi connectivity index (χ1v) is 11.4. The molecule has 1 atom stereocenters. The van der Waals surface area contributed by atoms with Gasteiger partial charge in [0, 0.05) is 22.6 Å². The maximum atomic E-state index is 13.4. The Balaban J connectivity index is 1.85. The predicted molar refractivity (Wildman–Crippen MR) is 122 cm³/mol. The van der Waals surface area contributed by atoms with Crippen LogP contribution in [0.2, 0.25) is 10.0 Å². The molecule has 1 aliphatic carbocycles. The average molecular weight is 465 g/mol. The quantitative estimate of drug-likeness (QED) is 0.557. The molecular weight excluding hydrogens is 438 g/mol. The number of hydrogen-bond donors (Lipinski definition) is 1. The molecule has 1 N–H and O–H groups in total. The maximum Gasteiger partial charge on any atom is 0.243 e. The number of nitrogens with one attached hydrogen (secondary N) is 1. The minimum absolute atomic E-state index is 0.0209. The van der Waals surface area contributed by atoms with Gasteiger partial charge in [-0.3, -0.25) is 9.59 Å². The molecule has 2 aromatic carbocycles. The molecule has 0 heterocycles. The van der Waals surface area contributed by atoms with Crippen molar-refractivity contribution in [2.45, 2.75) is 64.1 Å². The summed E-state index contributed by atoms with van der Waals surface area (Å²) >= 11 is 12.5. The zero-order valence-corrected chi connectivity index (χ0v) is 19.1. The Kier molecular flexibility index (Phi) is 8.33. The van der Waals surface area contributed by atoms with Crippen LogP contribution in [0.25, 0.3) is 0 Å².